The van der Waals surface area contributed by atoms with Crippen molar-refractivity contribution in [1.29, 1.82) is 0 Å². The van der Waals surface area contributed by atoms with Crippen molar-refractivity contribution in [3.8, 4) is 11.6 Å². The van der Waals surface area contributed by atoms with Gasteiger partial charge in [0.25, 0.3) is 0 Å². The molecule has 2 rings (SSSR count). The van der Waals surface area contributed by atoms with Crippen LogP contribution in [-0.4, -0.2) is 12.0 Å². The number of nitrogens with zero attached hydrogens (tertiary/aromatic N) is 1. The summed E-state index contributed by atoms with van der Waals surface area (Å²) in [5.41, 5.74) is 0.886. The zero-order valence-corrected chi connectivity index (χ0v) is 12.4. The molecule has 0 spiro atoms. The van der Waals surface area contributed by atoms with Gasteiger partial charge in [0.1, 0.15) is 11.6 Å². The Balaban J connectivity index is 2.29. The highest BCUT2D eigenvalue weighted by atomic mass is 79.9. The van der Waals surface area contributed by atoms with E-state index in [0.29, 0.717) is 18.2 Å². The fourth-order valence-electron chi connectivity index (χ4n) is 1.53. The predicted molar refractivity (Wildman–Crippen MR) is 76.2 cm³/mol. The molecule has 1 heterocycles. The first-order chi connectivity index (χ1) is 9.10. The van der Waals surface area contributed by atoms with E-state index in [1.807, 2.05) is 13.1 Å². The van der Waals surface area contributed by atoms with Crippen LogP contribution in [0.2, 0.25) is 5.02 Å². The van der Waals surface area contributed by atoms with Crippen molar-refractivity contribution in [2.45, 2.75) is 6.54 Å². The molecule has 0 radical (unpaired) electrons. The van der Waals surface area contributed by atoms with E-state index in [1.165, 1.54) is 18.2 Å². The summed E-state index contributed by atoms with van der Waals surface area (Å²) in [5.74, 6) is 0.423. The topological polar surface area (TPSA) is 34.2 Å². The van der Waals surface area contributed by atoms with Crippen LogP contribution in [0.1, 0.15) is 5.56 Å². The Morgan fingerprint density at radius 2 is 2.21 bits per heavy atom. The van der Waals surface area contributed by atoms with E-state index in [4.69, 9.17) is 16.3 Å². The van der Waals surface area contributed by atoms with Gasteiger partial charge < -0.3 is 10.1 Å². The summed E-state index contributed by atoms with van der Waals surface area (Å²) >= 11 is 9.07. The van der Waals surface area contributed by atoms with Crippen LogP contribution in [0.5, 0.6) is 11.6 Å². The van der Waals surface area contributed by atoms with Crippen LogP contribution in [0, 0.1) is 5.82 Å². The quantitative estimate of drug-likeness (QED) is 0.904. The van der Waals surface area contributed by atoms with Gasteiger partial charge in [0.2, 0.25) is 5.88 Å². The Hall–Kier alpha value is -1.17. The molecule has 19 heavy (non-hydrogen) atoms. The third kappa shape index (κ3) is 3.65. The number of pyridine rings is 1. The van der Waals surface area contributed by atoms with Crippen molar-refractivity contribution in [2.24, 2.45) is 0 Å². The Bertz CT molecular complexity index is 595. The molecule has 2 aromatic rings. The van der Waals surface area contributed by atoms with Gasteiger partial charge in [0.15, 0.2) is 0 Å². The van der Waals surface area contributed by atoms with Gasteiger partial charge >= 0.3 is 0 Å². The highest BCUT2D eigenvalue weighted by Crippen LogP contribution is 2.28. The summed E-state index contributed by atoms with van der Waals surface area (Å²) in [7, 11) is 1.83. The third-order valence-electron chi connectivity index (χ3n) is 2.36. The van der Waals surface area contributed by atoms with Gasteiger partial charge in [-0.3, -0.25) is 0 Å². The summed E-state index contributed by atoms with van der Waals surface area (Å²) in [4.78, 5) is 4.20. The van der Waals surface area contributed by atoms with E-state index >= 15 is 0 Å². The monoisotopic (exact) mass is 344 g/mol. The first kappa shape index (κ1) is 14.2. The lowest BCUT2D eigenvalue weighted by molar-refractivity contribution is 0.452. The maximum atomic E-state index is 13.1. The maximum Gasteiger partial charge on any atom is 0.223 e. The number of ether oxygens (including phenoxy) is 1. The van der Waals surface area contributed by atoms with Crippen LogP contribution in [0.4, 0.5) is 4.39 Å². The van der Waals surface area contributed by atoms with E-state index < -0.39 is 5.82 Å². The molecule has 0 saturated carbocycles. The Morgan fingerprint density at radius 3 is 2.89 bits per heavy atom. The Morgan fingerprint density at radius 1 is 1.42 bits per heavy atom. The molecule has 0 aliphatic rings. The molecule has 0 aliphatic carbocycles. The molecule has 3 nitrogen and oxygen atoms in total. The minimum absolute atomic E-state index is 0.0183. The molecular formula is C13H11BrClFN2O. The number of rotatable bonds is 4. The fourth-order valence-corrected chi connectivity index (χ4v) is 2.08. The highest BCUT2D eigenvalue weighted by Gasteiger charge is 2.09. The van der Waals surface area contributed by atoms with Crippen molar-refractivity contribution in [2.75, 3.05) is 7.05 Å². The van der Waals surface area contributed by atoms with Gasteiger partial charge in [-0.2, -0.15) is 0 Å². The Kier molecular flexibility index (Phi) is 4.74. The number of hydrogen-bond acceptors (Lipinski definition) is 3. The first-order valence-corrected chi connectivity index (χ1v) is 6.69. The number of halogens is 3. The van der Waals surface area contributed by atoms with Crippen LogP contribution in [0.25, 0.3) is 0 Å². The van der Waals surface area contributed by atoms with Crippen molar-refractivity contribution >= 4 is 27.5 Å². The minimum Gasteiger partial charge on any atom is -0.439 e. The van der Waals surface area contributed by atoms with Gasteiger partial charge in [-0.1, -0.05) is 11.6 Å². The van der Waals surface area contributed by atoms with E-state index in [-0.39, 0.29) is 5.02 Å². The van der Waals surface area contributed by atoms with Gasteiger partial charge in [-0.25, -0.2) is 9.37 Å². The summed E-state index contributed by atoms with van der Waals surface area (Å²) in [5, 5.41) is 3.05. The number of aromatic nitrogens is 1. The average Bonchev–Trinajstić information content (AvgIpc) is 2.37. The number of hydrogen-bond donors (Lipinski definition) is 1. The third-order valence-corrected chi connectivity index (χ3v) is 3.09. The SMILES string of the molecule is CNCc1cc(Br)cnc1Oc1ccc(F)c(Cl)c1. The highest BCUT2D eigenvalue weighted by molar-refractivity contribution is 9.10. The van der Waals surface area contributed by atoms with E-state index in [2.05, 4.69) is 26.2 Å². The second-order valence-corrected chi connectivity index (χ2v) is 5.15. The molecule has 1 aromatic carbocycles. The maximum absolute atomic E-state index is 13.1. The standard InChI is InChI=1S/C13H11BrClFN2O/c1-17-6-8-4-9(14)7-18-13(8)19-10-2-3-12(16)11(15)5-10/h2-5,7,17H,6H2,1H3. The number of nitrogens with one attached hydrogen (secondary N) is 1. The van der Waals surface area contributed by atoms with Crippen LogP contribution < -0.4 is 10.1 Å². The van der Waals surface area contributed by atoms with E-state index in [0.717, 1.165) is 10.0 Å². The minimum atomic E-state index is -0.478. The first-order valence-electron chi connectivity index (χ1n) is 5.52. The summed E-state index contributed by atoms with van der Waals surface area (Å²) in [6.45, 7) is 0.608. The predicted octanol–water partition coefficient (Wildman–Crippen LogP) is 4.15. The summed E-state index contributed by atoms with van der Waals surface area (Å²) < 4.78 is 19.6. The lowest BCUT2D eigenvalue weighted by Crippen LogP contribution is -2.07. The van der Waals surface area contributed by atoms with Gasteiger partial charge in [-0.05, 0) is 41.2 Å². The second-order valence-electron chi connectivity index (χ2n) is 3.83. The zero-order chi connectivity index (χ0) is 13.8. The largest absolute Gasteiger partial charge is 0.439 e. The van der Waals surface area contributed by atoms with Crippen molar-refractivity contribution in [3.05, 3.63) is 51.3 Å². The molecule has 0 bridgehead atoms. The summed E-state index contributed by atoms with van der Waals surface area (Å²) in [6.07, 6.45) is 1.64. The molecular weight excluding hydrogens is 335 g/mol. The zero-order valence-electron chi connectivity index (χ0n) is 10.1. The lowest BCUT2D eigenvalue weighted by Gasteiger charge is -2.10. The molecule has 6 heteroatoms. The summed E-state index contributed by atoms with van der Waals surface area (Å²) in [6, 6.07) is 6.09. The van der Waals surface area contributed by atoms with E-state index in [1.54, 1.807) is 6.20 Å². The molecule has 0 fully saturated rings. The van der Waals surface area contributed by atoms with E-state index in [9.17, 15) is 4.39 Å². The molecule has 1 aromatic heterocycles. The second kappa shape index (κ2) is 6.32. The molecule has 0 saturated heterocycles. The normalized spacial score (nSPS) is 10.5. The van der Waals surface area contributed by atoms with Crippen LogP contribution in [0.15, 0.2) is 34.9 Å². The molecule has 0 amide bonds. The van der Waals surface area contributed by atoms with Crippen LogP contribution in [-0.2, 0) is 6.54 Å². The van der Waals surface area contributed by atoms with Crippen LogP contribution >= 0.6 is 27.5 Å². The van der Waals surface area contributed by atoms with Gasteiger partial charge in [0, 0.05) is 28.8 Å². The van der Waals surface area contributed by atoms with Gasteiger partial charge in [0.05, 0.1) is 5.02 Å². The molecule has 0 unspecified atom stereocenters. The van der Waals surface area contributed by atoms with Crippen molar-refractivity contribution in [1.82, 2.24) is 10.3 Å². The van der Waals surface area contributed by atoms with Gasteiger partial charge in [-0.15, -0.1) is 0 Å². The molecule has 1 N–H and O–H groups in total. The van der Waals surface area contributed by atoms with Crippen LogP contribution in [0.3, 0.4) is 0 Å². The average molecular weight is 346 g/mol. The fraction of sp³-hybridized carbons (Fsp3) is 0.154. The molecule has 100 valence electrons. The molecule has 0 aliphatic heterocycles. The Labute approximate surface area is 123 Å². The smallest absolute Gasteiger partial charge is 0.223 e. The molecule has 0 atom stereocenters. The lowest BCUT2D eigenvalue weighted by atomic mass is 10.2. The van der Waals surface area contributed by atoms with Crippen molar-refractivity contribution in [3.63, 3.8) is 0 Å². The van der Waals surface area contributed by atoms with Crippen molar-refractivity contribution < 1.29 is 9.13 Å². The number of benzene rings is 1.